The molecule has 0 aliphatic heterocycles. The minimum Gasteiger partial charge on any atom is -0.235 e. The molecule has 0 unspecified atom stereocenters. The van der Waals surface area contributed by atoms with E-state index in [-0.39, 0.29) is 0 Å². The maximum atomic E-state index is 5.08. The van der Waals surface area contributed by atoms with E-state index in [0.717, 1.165) is 49.3 Å². The van der Waals surface area contributed by atoms with Crippen molar-refractivity contribution >= 4 is 32.3 Å². The number of rotatable bonds is 5. The minimum atomic E-state index is 0.643. The van der Waals surface area contributed by atoms with Crippen LogP contribution in [0.5, 0.6) is 0 Å². The van der Waals surface area contributed by atoms with Gasteiger partial charge < -0.3 is 0 Å². The third kappa shape index (κ3) is 4.76. The molecule has 0 radical (unpaired) electrons. The Kier molecular flexibility index (Phi) is 6.28. The third-order valence-corrected chi connectivity index (χ3v) is 8.64. The van der Waals surface area contributed by atoms with Gasteiger partial charge in [0.2, 0.25) is 0 Å². The zero-order valence-corrected chi connectivity index (χ0v) is 23.9. The van der Waals surface area contributed by atoms with Crippen molar-refractivity contribution in [2.75, 3.05) is 0 Å². The van der Waals surface area contributed by atoms with Crippen LogP contribution in [0.2, 0.25) is 0 Å². The highest BCUT2D eigenvalue weighted by atomic mass is 32.1. The Labute approximate surface area is 253 Å². The van der Waals surface area contributed by atoms with Gasteiger partial charge in [-0.15, -0.1) is 11.3 Å². The van der Waals surface area contributed by atoms with E-state index in [1.54, 1.807) is 11.3 Å². The molecule has 0 saturated heterocycles. The summed E-state index contributed by atoms with van der Waals surface area (Å²) in [5.41, 5.74) is 7.28. The van der Waals surface area contributed by atoms with Crippen molar-refractivity contribution in [1.29, 1.82) is 0 Å². The lowest BCUT2D eigenvalue weighted by Crippen LogP contribution is -2.00. The molecule has 202 valence electrons. The van der Waals surface area contributed by atoms with E-state index in [1.165, 1.54) is 10.1 Å². The molecule has 0 fully saturated rings. The summed E-state index contributed by atoms with van der Waals surface area (Å²) in [6.07, 6.45) is 0. The molecular weight excluding hydrogens is 545 g/mol. The van der Waals surface area contributed by atoms with E-state index < -0.39 is 0 Å². The number of nitrogens with zero attached hydrogens (tertiary/aromatic N) is 4. The highest BCUT2D eigenvalue weighted by Crippen LogP contribution is 2.38. The molecule has 0 atom stereocenters. The van der Waals surface area contributed by atoms with Gasteiger partial charge in [0, 0.05) is 27.6 Å². The SMILES string of the molecule is c1ccc(-c2nc(-c3ccccc3)nc(-c3cccc(-c4cccc5c4ccc4sc(-c6ccccc6)nc45)c3)n2)cc1. The smallest absolute Gasteiger partial charge is 0.164 e. The largest absolute Gasteiger partial charge is 0.235 e. The molecule has 0 aliphatic rings. The highest BCUT2D eigenvalue weighted by molar-refractivity contribution is 7.21. The summed E-state index contributed by atoms with van der Waals surface area (Å²) in [4.78, 5) is 19.8. The van der Waals surface area contributed by atoms with E-state index in [9.17, 15) is 0 Å². The maximum absolute atomic E-state index is 5.08. The highest BCUT2D eigenvalue weighted by Gasteiger charge is 2.15. The minimum absolute atomic E-state index is 0.643. The van der Waals surface area contributed by atoms with Gasteiger partial charge in [0.05, 0.1) is 10.2 Å². The predicted molar refractivity (Wildman–Crippen MR) is 178 cm³/mol. The quantitative estimate of drug-likeness (QED) is 0.207. The van der Waals surface area contributed by atoms with Gasteiger partial charge >= 0.3 is 0 Å². The zero-order chi connectivity index (χ0) is 28.6. The number of fused-ring (bicyclic) bond motifs is 3. The number of thiazole rings is 1. The summed E-state index contributed by atoms with van der Waals surface area (Å²) in [5, 5.41) is 3.35. The van der Waals surface area contributed by atoms with Crippen LogP contribution < -0.4 is 0 Å². The lowest BCUT2D eigenvalue weighted by molar-refractivity contribution is 1.07. The zero-order valence-electron chi connectivity index (χ0n) is 23.1. The fraction of sp³-hybridized carbons (Fsp3) is 0. The molecule has 8 rings (SSSR count). The first-order valence-corrected chi connectivity index (χ1v) is 15.0. The third-order valence-electron chi connectivity index (χ3n) is 7.57. The number of aromatic nitrogens is 4. The Morgan fingerprint density at radius 1 is 0.372 bits per heavy atom. The molecule has 0 bridgehead atoms. The van der Waals surface area contributed by atoms with Gasteiger partial charge in [0.25, 0.3) is 0 Å². The van der Waals surface area contributed by atoms with Crippen LogP contribution in [0.25, 0.3) is 76.9 Å². The molecule has 8 aromatic rings. The van der Waals surface area contributed by atoms with Gasteiger partial charge in [-0.1, -0.05) is 133 Å². The molecule has 2 aromatic heterocycles. The molecular formula is C38H24N4S. The van der Waals surface area contributed by atoms with Crippen LogP contribution in [0.4, 0.5) is 0 Å². The van der Waals surface area contributed by atoms with Crippen molar-refractivity contribution in [3.05, 3.63) is 146 Å². The summed E-state index contributed by atoms with van der Waals surface area (Å²) in [6.45, 7) is 0. The fourth-order valence-corrected chi connectivity index (χ4v) is 6.46. The van der Waals surface area contributed by atoms with Crippen molar-refractivity contribution in [3.8, 4) is 55.9 Å². The summed E-state index contributed by atoms with van der Waals surface area (Å²) < 4.78 is 1.18. The molecule has 6 aromatic carbocycles. The average Bonchev–Trinajstić information content (AvgIpc) is 3.54. The molecule has 0 aliphatic carbocycles. The Bertz CT molecular complexity index is 2170. The summed E-state index contributed by atoms with van der Waals surface area (Å²) in [5.74, 6) is 1.95. The first-order chi connectivity index (χ1) is 21.3. The number of hydrogen-bond donors (Lipinski definition) is 0. The van der Waals surface area contributed by atoms with Gasteiger partial charge in [-0.25, -0.2) is 19.9 Å². The van der Waals surface area contributed by atoms with E-state index >= 15 is 0 Å². The predicted octanol–water partition coefficient (Wildman–Crippen LogP) is 9.97. The molecule has 4 nitrogen and oxygen atoms in total. The van der Waals surface area contributed by atoms with Gasteiger partial charge in [0.1, 0.15) is 5.01 Å². The Hall–Kier alpha value is -5.52. The van der Waals surface area contributed by atoms with E-state index in [0.29, 0.717) is 17.5 Å². The summed E-state index contributed by atoms with van der Waals surface area (Å²) in [6, 6.07) is 49.9. The average molecular weight is 569 g/mol. The second-order valence-electron chi connectivity index (χ2n) is 10.3. The van der Waals surface area contributed by atoms with Crippen LogP contribution in [0.15, 0.2) is 146 Å². The molecule has 0 spiro atoms. The van der Waals surface area contributed by atoms with Gasteiger partial charge in [-0.2, -0.15) is 0 Å². The molecule has 43 heavy (non-hydrogen) atoms. The van der Waals surface area contributed by atoms with Crippen LogP contribution in [-0.4, -0.2) is 19.9 Å². The Morgan fingerprint density at radius 2 is 0.907 bits per heavy atom. The van der Waals surface area contributed by atoms with Crippen molar-refractivity contribution in [3.63, 3.8) is 0 Å². The standard InChI is InChI=1S/C38H24N4S/c1-4-12-25(13-5-1)35-40-36(26-14-6-2-7-15-26)42-37(41-35)29-19-10-18-28(24-29)30-20-11-21-32-31(30)22-23-33-34(32)39-38(43-33)27-16-8-3-9-17-27/h1-24H. The molecule has 2 heterocycles. The number of benzene rings is 6. The van der Waals surface area contributed by atoms with Crippen molar-refractivity contribution < 1.29 is 0 Å². The van der Waals surface area contributed by atoms with Crippen molar-refractivity contribution in [2.45, 2.75) is 0 Å². The first-order valence-electron chi connectivity index (χ1n) is 14.2. The van der Waals surface area contributed by atoms with E-state index in [4.69, 9.17) is 19.9 Å². The van der Waals surface area contributed by atoms with E-state index in [2.05, 4.69) is 78.9 Å². The number of hydrogen-bond acceptors (Lipinski definition) is 5. The second-order valence-corrected chi connectivity index (χ2v) is 11.3. The van der Waals surface area contributed by atoms with Crippen molar-refractivity contribution in [2.24, 2.45) is 0 Å². The summed E-state index contributed by atoms with van der Waals surface area (Å²) >= 11 is 1.73. The topological polar surface area (TPSA) is 51.6 Å². The fourth-order valence-electron chi connectivity index (χ4n) is 5.47. The Balaban J connectivity index is 1.26. The van der Waals surface area contributed by atoms with Crippen LogP contribution in [0.1, 0.15) is 0 Å². The van der Waals surface area contributed by atoms with Crippen molar-refractivity contribution in [1.82, 2.24) is 19.9 Å². The molecule has 0 N–H and O–H groups in total. The normalized spacial score (nSPS) is 11.3. The van der Waals surface area contributed by atoms with Gasteiger partial charge in [0.15, 0.2) is 17.5 Å². The van der Waals surface area contributed by atoms with Gasteiger partial charge in [-0.3, -0.25) is 0 Å². The van der Waals surface area contributed by atoms with E-state index in [1.807, 2.05) is 66.7 Å². The second kappa shape index (κ2) is 10.7. The molecule has 0 amide bonds. The maximum Gasteiger partial charge on any atom is 0.164 e. The molecule has 0 saturated carbocycles. The van der Waals surface area contributed by atoms with Crippen LogP contribution >= 0.6 is 11.3 Å². The first kappa shape index (κ1) is 25.2. The lowest BCUT2D eigenvalue weighted by Gasteiger charge is -2.11. The lowest BCUT2D eigenvalue weighted by atomic mass is 9.96. The van der Waals surface area contributed by atoms with Gasteiger partial charge in [-0.05, 0) is 28.6 Å². The summed E-state index contributed by atoms with van der Waals surface area (Å²) in [7, 11) is 0. The monoisotopic (exact) mass is 568 g/mol. The Morgan fingerprint density at radius 3 is 1.56 bits per heavy atom. The van der Waals surface area contributed by atoms with Crippen LogP contribution in [0.3, 0.4) is 0 Å². The van der Waals surface area contributed by atoms with Crippen LogP contribution in [0, 0.1) is 0 Å². The molecule has 5 heteroatoms. The van der Waals surface area contributed by atoms with Crippen LogP contribution in [-0.2, 0) is 0 Å².